The van der Waals surface area contributed by atoms with Gasteiger partial charge in [-0.2, -0.15) is 0 Å². The molecule has 88 valence electrons. The van der Waals surface area contributed by atoms with Crippen molar-refractivity contribution in [2.75, 3.05) is 0 Å². The standard InChI is InChI=1S/C15H18N2/c1-3-4-12(2)17-10-13-5-6-15-11-16-8-7-14(15)9-13/h3,5-9,11-12,17H,1,4,10H2,2H3. The summed E-state index contributed by atoms with van der Waals surface area (Å²) in [6.07, 6.45) is 6.67. The molecule has 1 unspecified atom stereocenters. The summed E-state index contributed by atoms with van der Waals surface area (Å²) in [5.74, 6) is 0. The number of fused-ring (bicyclic) bond motifs is 1. The molecule has 2 nitrogen and oxygen atoms in total. The van der Waals surface area contributed by atoms with Crippen LogP contribution in [0.15, 0.2) is 49.3 Å². The highest BCUT2D eigenvalue weighted by molar-refractivity contribution is 5.81. The van der Waals surface area contributed by atoms with E-state index in [2.05, 4.69) is 42.0 Å². The summed E-state index contributed by atoms with van der Waals surface area (Å²) in [7, 11) is 0. The molecule has 17 heavy (non-hydrogen) atoms. The fraction of sp³-hybridized carbons (Fsp3) is 0.267. The monoisotopic (exact) mass is 226 g/mol. The molecule has 1 aromatic heterocycles. The van der Waals surface area contributed by atoms with Gasteiger partial charge in [0.15, 0.2) is 0 Å². The van der Waals surface area contributed by atoms with E-state index >= 15 is 0 Å². The number of aromatic nitrogens is 1. The van der Waals surface area contributed by atoms with Crippen LogP contribution in [-0.4, -0.2) is 11.0 Å². The second-order valence-corrected chi connectivity index (χ2v) is 4.36. The molecule has 0 fully saturated rings. The van der Waals surface area contributed by atoms with E-state index < -0.39 is 0 Å². The summed E-state index contributed by atoms with van der Waals surface area (Å²) >= 11 is 0. The maximum Gasteiger partial charge on any atom is 0.0346 e. The van der Waals surface area contributed by atoms with Crippen LogP contribution >= 0.6 is 0 Å². The lowest BCUT2D eigenvalue weighted by Crippen LogP contribution is -2.24. The summed E-state index contributed by atoms with van der Waals surface area (Å²) in [5.41, 5.74) is 1.31. The van der Waals surface area contributed by atoms with E-state index in [0.717, 1.165) is 13.0 Å². The molecule has 1 heterocycles. The van der Waals surface area contributed by atoms with Crippen molar-refractivity contribution >= 4 is 10.8 Å². The predicted molar refractivity (Wildman–Crippen MR) is 72.9 cm³/mol. The minimum absolute atomic E-state index is 0.473. The van der Waals surface area contributed by atoms with Gasteiger partial charge in [0.05, 0.1) is 0 Å². The first-order chi connectivity index (χ1) is 8.29. The Morgan fingerprint density at radius 3 is 3.06 bits per heavy atom. The molecular weight excluding hydrogens is 208 g/mol. The third-order valence-electron chi connectivity index (χ3n) is 2.88. The normalized spacial score (nSPS) is 12.5. The van der Waals surface area contributed by atoms with Crippen molar-refractivity contribution in [3.63, 3.8) is 0 Å². The maximum absolute atomic E-state index is 4.11. The lowest BCUT2D eigenvalue weighted by atomic mass is 10.1. The van der Waals surface area contributed by atoms with Crippen LogP contribution in [0.4, 0.5) is 0 Å². The summed E-state index contributed by atoms with van der Waals surface area (Å²) < 4.78 is 0. The average molecular weight is 226 g/mol. The third-order valence-corrected chi connectivity index (χ3v) is 2.88. The molecule has 0 amide bonds. The molecule has 1 aromatic carbocycles. The van der Waals surface area contributed by atoms with Crippen LogP contribution in [0.25, 0.3) is 10.8 Å². The van der Waals surface area contributed by atoms with Crippen molar-refractivity contribution in [2.45, 2.75) is 25.9 Å². The van der Waals surface area contributed by atoms with Crippen molar-refractivity contribution in [2.24, 2.45) is 0 Å². The number of rotatable bonds is 5. The van der Waals surface area contributed by atoms with E-state index in [-0.39, 0.29) is 0 Å². The molecule has 0 saturated carbocycles. The Bertz CT molecular complexity index is 505. The first kappa shape index (κ1) is 11.8. The van der Waals surface area contributed by atoms with Crippen LogP contribution in [0.2, 0.25) is 0 Å². The zero-order valence-electron chi connectivity index (χ0n) is 10.2. The Kier molecular flexibility index (Phi) is 3.89. The Hall–Kier alpha value is -1.67. The van der Waals surface area contributed by atoms with Crippen molar-refractivity contribution in [3.8, 4) is 0 Å². The van der Waals surface area contributed by atoms with Gasteiger partial charge in [-0.05, 0) is 36.4 Å². The first-order valence-corrected chi connectivity index (χ1v) is 5.96. The van der Waals surface area contributed by atoms with Crippen LogP contribution in [0, 0.1) is 0 Å². The highest BCUT2D eigenvalue weighted by atomic mass is 14.9. The molecule has 2 rings (SSSR count). The van der Waals surface area contributed by atoms with Crippen molar-refractivity contribution in [3.05, 3.63) is 54.9 Å². The summed E-state index contributed by atoms with van der Waals surface area (Å²) in [4.78, 5) is 4.11. The van der Waals surface area contributed by atoms with Crippen molar-refractivity contribution in [1.29, 1.82) is 0 Å². The van der Waals surface area contributed by atoms with Gasteiger partial charge in [-0.25, -0.2) is 0 Å². The van der Waals surface area contributed by atoms with Crippen molar-refractivity contribution < 1.29 is 0 Å². The number of hydrogen-bond acceptors (Lipinski definition) is 2. The van der Waals surface area contributed by atoms with Gasteiger partial charge in [-0.3, -0.25) is 4.98 Å². The van der Waals surface area contributed by atoms with Gasteiger partial charge < -0.3 is 5.32 Å². The van der Waals surface area contributed by atoms with Gasteiger partial charge >= 0.3 is 0 Å². The minimum atomic E-state index is 0.473. The number of nitrogens with one attached hydrogen (secondary N) is 1. The zero-order valence-corrected chi connectivity index (χ0v) is 10.2. The Labute approximate surface area is 102 Å². The van der Waals surface area contributed by atoms with E-state index in [1.807, 2.05) is 24.5 Å². The van der Waals surface area contributed by atoms with E-state index in [4.69, 9.17) is 0 Å². The fourth-order valence-electron chi connectivity index (χ4n) is 1.87. The van der Waals surface area contributed by atoms with Gasteiger partial charge in [0.25, 0.3) is 0 Å². The summed E-state index contributed by atoms with van der Waals surface area (Å²) in [6.45, 7) is 6.82. The molecule has 0 bridgehead atoms. The smallest absolute Gasteiger partial charge is 0.0346 e. The molecule has 1 N–H and O–H groups in total. The van der Waals surface area contributed by atoms with E-state index in [9.17, 15) is 0 Å². The van der Waals surface area contributed by atoms with Crippen molar-refractivity contribution in [1.82, 2.24) is 10.3 Å². The van der Waals surface area contributed by atoms with Gasteiger partial charge in [0.2, 0.25) is 0 Å². The number of benzene rings is 1. The molecule has 0 aliphatic rings. The molecule has 0 radical (unpaired) electrons. The predicted octanol–water partition coefficient (Wildman–Crippen LogP) is 3.29. The zero-order chi connectivity index (χ0) is 12.1. The lowest BCUT2D eigenvalue weighted by Gasteiger charge is -2.11. The van der Waals surface area contributed by atoms with Gasteiger partial charge in [-0.15, -0.1) is 6.58 Å². The molecule has 0 aliphatic carbocycles. The fourth-order valence-corrected chi connectivity index (χ4v) is 1.87. The molecule has 1 atom stereocenters. The summed E-state index contributed by atoms with van der Waals surface area (Å²) in [5, 5.41) is 5.91. The molecule has 2 aromatic rings. The highest BCUT2D eigenvalue weighted by Crippen LogP contribution is 2.14. The van der Waals surface area contributed by atoms with Gasteiger partial charge in [-0.1, -0.05) is 18.2 Å². The molecule has 0 spiro atoms. The first-order valence-electron chi connectivity index (χ1n) is 5.96. The topological polar surface area (TPSA) is 24.9 Å². The quantitative estimate of drug-likeness (QED) is 0.791. The molecular formula is C15H18N2. The second-order valence-electron chi connectivity index (χ2n) is 4.36. The number of pyridine rings is 1. The van der Waals surface area contributed by atoms with E-state index in [0.29, 0.717) is 6.04 Å². The van der Waals surface area contributed by atoms with Gasteiger partial charge in [0, 0.05) is 30.4 Å². The summed E-state index contributed by atoms with van der Waals surface area (Å²) in [6, 6.07) is 9.01. The maximum atomic E-state index is 4.11. The van der Waals surface area contributed by atoms with Crippen LogP contribution in [0.1, 0.15) is 18.9 Å². The van der Waals surface area contributed by atoms with E-state index in [1.54, 1.807) is 0 Å². The Morgan fingerprint density at radius 2 is 2.24 bits per heavy atom. The molecule has 0 aliphatic heterocycles. The second kappa shape index (κ2) is 5.60. The number of hydrogen-bond donors (Lipinski definition) is 1. The van der Waals surface area contributed by atoms with Crippen LogP contribution in [0.3, 0.4) is 0 Å². The highest BCUT2D eigenvalue weighted by Gasteiger charge is 2.00. The Balaban J connectivity index is 2.06. The van der Waals surface area contributed by atoms with Crippen LogP contribution < -0.4 is 5.32 Å². The average Bonchev–Trinajstić information content (AvgIpc) is 2.36. The van der Waals surface area contributed by atoms with E-state index in [1.165, 1.54) is 16.3 Å². The third kappa shape index (κ3) is 3.14. The SMILES string of the molecule is C=CCC(C)NCc1ccc2cnccc2c1. The van der Waals surface area contributed by atoms with Crippen LogP contribution in [-0.2, 0) is 6.54 Å². The molecule has 0 saturated heterocycles. The van der Waals surface area contributed by atoms with Crippen LogP contribution in [0.5, 0.6) is 0 Å². The lowest BCUT2D eigenvalue weighted by molar-refractivity contribution is 0.554. The van der Waals surface area contributed by atoms with Gasteiger partial charge in [0.1, 0.15) is 0 Å². The molecule has 2 heteroatoms. The largest absolute Gasteiger partial charge is 0.310 e. The number of nitrogens with zero attached hydrogens (tertiary/aromatic N) is 1. The Morgan fingerprint density at radius 1 is 1.35 bits per heavy atom. The minimum Gasteiger partial charge on any atom is -0.310 e.